The summed E-state index contributed by atoms with van der Waals surface area (Å²) in [4.78, 5) is 41.8. The number of nitrogens with zero attached hydrogens (tertiary/aromatic N) is 2. The van der Waals surface area contributed by atoms with E-state index in [1.54, 1.807) is 17.0 Å². The van der Waals surface area contributed by atoms with Crippen LogP contribution in [-0.2, 0) is 21.5 Å². The number of ether oxygens (including phenoxy) is 1. The van der Waals surface area contributed by atoms with Gasteiger partial charge in [0, 0.05) is 24.2 Å². The molecule has 3 aliphatic rings. The van der Waals surface area contributed by atoms with Crippen LogP contribution in [0.3, 0.4) is 0 Å². The maximum absolute atomic E-state index is 13.3. The van der Waals surface area contributed by atoms with E-state index >= 15 is 0 Å². The van der Waals surface area contributed by atoms with Crippen molar-refractivity contribution in [1.82, 2.24) is 10.2 Å². The molecular formula is C22H21N3O4. The van der Waals surface area contributed by atoms with Gasteiger partial charge < -0.3 is 15.0 Å². The molecule has 0 unspecified atom stereocenters. The van der Waals surface area contributed by atoms with Gasteiger partial charge in [0.2, 0.25) is 5.91 Å². The van der Waals surface area contributed by atoms with Gasteiger partial charge in [0.15, 0.2) is 5.54 Å². The van der Waals surface area contributed by atoms with Crippen LogP contribution in [0.1, 0.15) is 24.0 Å². The summed E-state index contributed by atoms with van der Waals surface area (Å²) in [5, 5.41) is 2.84. The first-order chi connectivity index (χ1) is 14.1. The van der Waals surface area contributed by atoms with Crippen LogP contribution < -0.4 is 15.0 Å². The molecule has 29 heavy (non-hydrogen) atoms. The number of benzene rings is 2. The van der Waals surface area contributed by atoms with Crippen molar-refractivity contribution in [3.63, 3.8) is 0 Å². The van der Waals surface area contributed by atoms with E-state index in [-0.39, 0.29) is 12.5 Å². The number of imide groups is 1. The van der Waals surface area contributed by atoms with Crippen LogP contribution in [0.15, 0.2) is 48.5 Å². The van der Waals surface area contributed by atoms with Gasteiger partial charge in [0.1, 0.15) is 12.3 Å². The van der Waals surface area contributed by atoms with Gasteiger partial charge in [-0.1, -0.05) is 36.4 Å². The maximum atomic E-state index is 13.3. The van der Waals surface area contributed by atoms with Gasteiger partial charge in [0.05, 0.1) is 6.61 Å². The smallest absolute Gasteiger partial charge is 0.325 e. The number of aryl methyl sites for hydroxylation is 1. The van der Waals surface area contributed by atoms with Gasteiger partial charge in [-0.15, -0.1) is 0 Å². The molecule has 0 bridgehead atoms. The Kier molecular flexibility index (Phi) is 4.04. The molecule has 2 aromatic carbocycles. The van der Waals surface area contributed by atoms with Crippen LogP contribution in [-0.4, -0.2) is 42.4 Å². The van der Waals surface area contributed by atoms with Crippen molar-refractivity contribution in [1.29, 1.82) is 0 Å². The average molecular weight is 391 g/mol. The summed E-state index contributed by atoms with van der Waals surface area (Å²) in [6.07, 6.45) is 2.12. The fourth-order valence-corrected chi connectivity index (χ4v) is 4.53. The zero-order valence-corrected chi connectivity index (χ0v) is 15.9. The fraction of sp³-hybridized carbons (Fsp3) is 0.318. The molecule has 1 spiro atoms. The van der Waals surface area contributed by atoms with E-state index in [0.717, 1.165) is 29.0 Å². The molecule has 4 amide bonds. The Labute approximate surface area is 168 Å². The lowest BCUT2D eigenvalue weighted by atomic mass is 9.84. The summed E-state index contributed by atoms with van der Waals surface area (Å²) in [5.74, 6) is -0.0551. The van der Waals surface area contributed by atoms with Gasteiger partial charge in [-0.2, -0.15) is 0 Å². The average Bonchev–Trinajstić information content (AvgIpc) is 2.98. The van der Waals surface area contributed by atoms with E-state index in [2.05, 4.69) is 5.32 Å². The Balaban J connectivity index is 1.42. The SMILES string of the molecule is O=C1N[C@]2(CCOc3ccccc32)C(=O)N1CC(=O)N1CCCc2ccccc21. The summed E-state index contributed by atoms with van der Waals surface area (Å²) in [6.45, 7) is 0.634. The van der Waals surface area contributed by atoms with Gasteiger partial charge in [-0.05, 0) is 30.5 Å². The third-order valence-electron chi connectivity index (χ3n) is 5.96. The molecule has 7 heteroatoms. The molecule has 3 heterocycles. The van der Waals surface area contributed by atoms with Crippen LogP contribution in [0, 0.1) is 0 Å². The van der Waals surface area contributed by atoms with E-state index in [1.165, 1.54) is 0 Å². The minimum atomic E-state index is -1.16. The quantitative estimate of drug-likeness (QED) is 0.796. The second kappa shape index (κ2) is 6.62. The number of rotatable bonds is 2. The maximum Gasteiger partial charge on any atom is 0.325 e. The second-order valence-electron chi connectivity index (χ2n) is 7.60. The molecule has 5 rings (SSSR count). The predicted molar refractivity (Wildman–Crippen MR) is 106 cm³/mol. The third-order valence-corrected chi connectivity index (χ3v) is 5.96. The number of hydrogen-bond donors (Lipinski definition) is 1. The number of urea groups is 1. The first kappa shape index (κ1) is 17.7. The summed E-state index contributed by atoms with van der Waals surface area (Å²) < 4.78 is 5.65. The highest BCUT2D eigenvalue weighted by Crippen LogP contribution is 2.41. The van der Waals surface area contributed by atoms with Crippen molar-refractivity contribution in [2.45, 2.75) is 24.8 Å². The predicted octanol–water partition coefficient (Wildman–Crippen LogP) is 2.20. The van der Waals surface area contributed by atoms with E-state index in [1.807, 2.05) is 36.4 Å². The van der Waals surface area contributed by atoms with Gasteiger partial charge in [0.25, 0.3) is 5.91 Å². The Morgan fingerprint density at radius 2 is 1.90 bits per heavy atom. The molecule has 1 atom stereocenters. The summed E-state index contributed by atoms with van der Waals surface area (Å²) >= 11 is 0. The number of carbonyl (C=O) groups excluding carboxylic acids is 3. The first-order valence-electron chi connectivity index (χ1n) is 9.85. The van der Waals surface area contributed by atoms with Crippen LogP contribution in [0.4, 0.5) is 10.5 Å². The topological polar surface area (TPSA) is 79.0 Å². The highest BCUT2D eigenvalue weighted by atomic mass is 16.5. The molecule has 0 radical (unpaired) electrons. The minimum absolute atomic E-state index is 0.252. The molecule has 1 fully saturated rings. The van der Waals surface area contributed by atoms with Crippen molar-refractivity contribution in [3.8, 4) is 5.75 Å². The Morgan fingerprint density at radius 3 is 2.79 bits per heavy atom. The fourth-order valence-electron chi connectivity index (χ4n) is 4.53. The van der Waals surface area contributed by atoms with Crippen LogP contribution in [0.5, 0.6) is 5.75 Å². The van der Waals surface area contributed by atoms with E-state index in [9.17, 15) is 14.4 Å². The molecule has 7 nitrogen and oxygen atoms in total. The Bertz CT molecular complexity index is 1020. The van der Waals surface area contributed by atoms with E-state index in [0.29, 0.717) is 30.9 Å². The first-order valence-corrected chi connectivity index (χ1v) is 9.85. The monoisotopic (exact) mass is 391 g/mol. The molecule has 148 valence electrons. The minimum Gasteiger partial charge on any atom is -0.493 e. The molecule has 3 aliphatic heterocycles. The largest absolute Gasteiger partial charge is 0.493 e. The van der Waals surface area contributed by atoms with Gasteiger partial charge in [-0.3, -0.25) is 14.5 Å². The molecular weight excluding hydrogens is 370 g/mol. The van der Waals surface area contributed by atoms with Crippen molar-refractivity contribution < 1.29 is 19.1 Å². The van der Waals surface area contributed by atoms with Crippen molar-refractivity contribution >= 4 is 23.5 Å². The van der Waals surface area contributed by atoms with Crippen molar-refractivity contribution in [2.75, 3.05) is 24.6 Å². The lowest BCUT2D eigenvalue weighted by molar-refractivity contribution is -0.135. The molecule has 0 aliphatic carbocycles. The van der Waals surface area contributed by atoms with Crippen molar-refractivity contribution in [3.05, 3.63) is 59.7 Å². The standard InChI is InChI=1S/C22H21N3O4/c26-19(24-12-5-7-15-6-1-3-9-17(15)24)14-25-20(27)22(23-21(25)28)11-13-29-18-10-4-2-8-16(18)22/h1-4,6,8-10H,5,7,11-14H2,(H,23,28)/t22-/m0/s1. The number of fused-ring (bicyclic) bond motifs is 3. The summed E-state index contributed by atoms with van der Waals surface area (Å²) in [6, 6.07) is 14.5. The summed E-state index contributed by atoms with van der Waals surface area (Å²) in [7, 11) is 0. The number of carbonyl (C=O) groups is 3. The zero-order valence-electron chi connectivity index (χ0n) is 15.9. The van der Waals surface area contributed by atoms with Crippen LogP contribution in [0.25, 0.3) is 0 Å². The molecule has 2 aromatic rings. The zero-order chi connectivity index (χ0) is 20.0. The lowest BCUT2D eigenvalue weighted by Gasteiger charge is -2.33. The normalized spacial score (nSPS) is 22.8. The van der Waals surface area contributed by atoms with Gasteiger partial charge in [-0.25, -0.2) is 4.79 Å². The highest BCUT2D eigenvalue weighted by Gasteiger charge is 2.55. The molecule has 1 saturated heterocycles. The van der Waals surface area contributed by atoms with E-state index < -0.39 is 17.5 Å². The number of amides is 4. The Morgan fingerprint density at radius 1 is 1.10 bits per heavy atom. The third kappa shape index (κ3) is 2.68. The number of anilines is 1. The van der Waals surface area contributed by atoms with Crippen LogP contribution >= 0.6 is 0 Å². The highest BCUT2D eigenvalue weighted by molar-refractivity contribution is 6.11. The Hall–Kier alpha value is -3.35. The molecule has 0 saturated carbocycles. The van der Waals surface area contributed by atoms with Gasteiger partial charge >= 0.3 is 6.03 Å². The van der Waals surface area contributed by atoms with Crippen molar-refractivity contribution in [2.24, 2.45) is 0 Å². The molecule has 1 N–H and O–H groups in total. The number of para-hydroxylation sites is 2. The van der Waals surface area contributed by atoms with Crippen LogP contribution in [0.2, 0.25) is 0 Å². The molecule has 0 aromatic heterocycles. The summed E-state index contributed by atoms with van der Waals surface area (Å²) in [5.41, 5.74) is 1.45. The lowest BCUT2D eigenvalue weighted by Crippen LogP contribution is -2.48. The van der Waals surface area contributed by atoms with E-state index in [4.69, 9.17) is 4.74 Å². The number of nitrogens with one attached hydrogen (secondary N) is 1. The number of hydrogen-bond acceptors (Lipinski definition) is 4. The second-order valence-corrected chi connectivity index (χ2v) is 7.60.